The zero-order valence-corrected chi connectivity index (χ0v) is 20.0. The quantitative estimate of drug-likeness (QED) is 0.323. The third-order valence-electron chi connectivity index (χ3n) is 5.65. The van der Waals surface area contributed by atoms with Gasteiger partial charge >= 0.3 is 0 Å². The van der Waals surface area contributed by atoms with E-state index in [0.29, 0.717) is 22.6 Å². The average molecular weight is 480 g/mol. The van der Waals surface area contributed by atoms with Gasteiger partial charge in [-0.3, -0.25) is 10.1 Å². The predicted octanol–water partition coefficient (Wildman–Crippen LogP) is 6.51. The second-order valence-corrected chi connectivity index (χ2v) is 8.92. The monoisotopic (exact) mass is 479 g/mol. The number of nitrogens with zero attached hydrogens (tertiary/aromatic N) is 1. The van der Waals surface area contributed by atoms with Crippen LogP contribution in [-0.2, 0) is 4.79 Å². The molecule has 5 nitrogen and oxygen atoms in total. The number of hydrogen-bond acceptors (Lipinski definition) is 4. The molecule has 1 saturated heterocycles. The molecule has 1 aromatic heterocycles. The van der Waals surface area contributed by atoms with Gasteiger partial charge in [0.05, 0.1) is 0 Å². The molecule has 2 aromatic carbocycles. The summed E-state index contributed by atoms with van der Waals surface area (Å²) >= 11 is 11.2. The van der Waals surface area contributed by atoms with E-state index >= 15 is 0 Å². The topological polar surface area (TPSA) is 57.5 Å². The predicted molar refractivity (Wildman–Crippen MR) is 140 cm³/mol. The van der Waals surface area contributed by atoms with Gasteiger partial charge in [0.2, 0.25) is 5.91 Å². The molecule has 2 N–H and O–H groups in total. The number of carbonyl (C=O) groups excluding carboxylic acids is 1. The van der Waals surface area contributed by atoms with Crippen LogP contribution in [0.4, 0.5) is 11.4 Å². The van der Waals surface area contributed by atoms with Crippen LogP contribution in [0.1, 0.15) is 31.9 Å². The Kier molecular flexibility index (Phi) is 7.47. The summed E-state index contributed by atoms with van der Waals surface area (Å²) in [7, 11) is 0. The fourth-order valence-corrected chi connectivity index (χ4v) is 4.25. The maximum atomic E-state index is 12.2. The van der Waals surface area contributed by atoms with E-state index in [1.165, 1.54) is 31.0 Å². The normalized spacial score (nSPS) is 16.1. The van der Waals surface area contributed by atoms with Crippen molar-refractivity contribution in [3.05, 3.63) is 77.5 Å². The lowest BCUT2D eigenvalue weighted by atomic mass is 10.0. The van der Waals surface area contributed by atoms with Crippen LogP contribution in [0.5, 0.6) is 0 Å². The highest BCUT2D eigenvalue weighted by molar-refractivity contribution is 7.80. The van der Waals surface area contributed by atoms with Gasteiger partial charge < -0.3 is 14.6 Å². The summed E-state index contributed by atoms with van der Waals surface area (Å²) in [5.41, 5.74) is 2.95. The van der Waals surface area contributed by atoms with Crippen molar-refractivity contribution < 1.29 is 9.21 Å². The first kappa shape index (κ1) is 23.1. The number of nitrogens with one attached hydrogen (secondary N) is 2. The fourth-order valence-electron chi connectivity index (χ4n) is 3.90. The van der Waals surface area contributed by atoms with E-state index in [4.69, 9.17) is 28.2 Å². The zero-order chi connectivity index (χ0) is 23.2. The summed E-state index contributed by atoms with van der Waals surface area (Å²) in [5.74, 6) is 0.929. The highest BCUT2D eigenvalue weighted by Crippen LogP contribution is 2.26. The van der Waals surface area contributed by atoms with E-state index in [1.54, 1.807) is 24.3 Å². The maximum absolute atomic E-state index is 12.2. The Balaban J connectivity index is 1.28. The molecule has 4 rings (SSSR count). The van der Waals surface area contributed by atoms with Gasteiger partial charge in [-0.2, -0.15) is 0 Å². The van der Waals surface area contributed by atoms with Crippen molar-refractivity contribution in [1.82, 2.24) is 5.32 Å². The first-order chi connectivity index (χ1) is 16.0. The fraction of sp³-hybridized carbons (Fsp3) is 0.231. The number of rotatable bonds is 5. The number of halogens is 1. The Morgan fingerprint density at radius 3 is 2.58 bits per heavy atom. The molecule has 1 atom stereocenters. The molecule has 7 heteroatoms. The van der Waals surface area contributed by atoms with Gasteiger partial charge in [-0.1, -0.05) is 11.6 Å². The standard InChI is InChI=1S/C26H26ClN3O2S/c1-18-4-2-3-17-30(18)22-11-9-21(10-12-22)28-26(33)29-25(31)16-14-23-13-15-24(32-23)19-5-7-20(27)8-6-19/h5-16,18H,2-4,17H2,1H3,(H2,28,29,31,33)/b16-14+/t18-/m0/s1. The smallest absolute Gasteiger partial charge is 0.250 e. The van der Waals surface area contributed by atoms with Crippen molar-refractivity contribution in [2.45, 2.75) is 32.2 Å². The van der Waals surface area contributed by atoms with Crippen LogP contribution in [0.15, 0.2) is 71.2 Å². The number of furan rings is 1. The molecular formula is C26H26ClN3O2S. The Bertz CT molecular complexity index is 1140. The van der Waals surface area contributed by atoms with Crippen LogP contribution in [0.25, 0.3) is 17.4 Å². The van der Waals surface area contributed by atoms with Gasteiger partial charge in [-0.15, -0.1) is 0 Å². The molecule has 3 aromatic rings. The van der Waals surface area contributed by atoms with Crippen molar-refractivity contribution in [2.75, 3.05) is 16.8 Å². The number of hydrogen-bond donors (Lipinski definition) is 2. The summed E-state index contributed by atoms with van der Waals surface area (Å²) in [4.78, 5) is 14.7. The summed E-state index contributed by atoms with van der Waals surface area (Å²) in [6.45, 7) is 3.36. The molecule has 33 heavy (non-hydrogen) atoms. The Labute approximate surface area is 204 Å². The van der Waals surface area contributed by atoms with Gasteiger partial charge in [0, 0.05) is 40.6 Å². The zero-order valence-electron chi connectivity index (χ0n) is 18.4. The summed E-state index contributed by atoms with van der Waals surface area (Å²) in [6.07, 6.45) is 6.74. The number of amides is 1. The first-order valence-electron chi connectivity index (χ1n) is 11.0. The molecule has 1 fully saturated rings. The van der Waals surface area contributed by atoms with Gasteiger partial charge in [0.1, 0.15) is 11.5 Å². The molecule has 0 radical (unpaired) electrons. The minimum Gasteiger partial charge on any atom is -0.457 e. The van der Waals surface area contributed by atoms with E-state index < -0.39 is 0 Å². The van der Waals surface area contributed by atoms with E-state index in [2.05, 4.69) is 34.6 Å². The molecule has 170 valence electrons. The van der Waals surface area contributed by atoms with Crippen LogP contribution in [0.3, 0.4) is 0 Å². The second kappa shape index (κ2) is 10.7. The van der Waals surface area contributed by atoms with Gasteiger partial charge in [0.25, 0.3) is 0 Å². The van der Waals surface area contributed by atoms with Gasteiger partial charge in [0.15, 0.2) is 5.11 Å². The molecule has 0 spiro atoms. The van der Waals surface area contributed by atoms with Crippen molar-refractivity contribution in [3.8, 4) is 11.3 Å². The van der Waals surface area contributed by atoms with Crippen molar-refractivity contribution in [1.29, 1.82) is 0 Å². The van der Waals surface area contributed by atoms with Crippen molar-refractivity contribution >= 4 is 52.3 Å². The molecule has 1 aliphatic heterocycles. The minimum atomic E-state index is -0.337. The summed E-state index contributed by atoms with van der Waals surface area (Å²) in [6, 6.07) is 19.7. The Hall–Kier alpha value is -3.09. The first-order valence-corrected chi connectivity index (χ1v) is 11.8. The van der Waals surface area contributed by atoms with Crippen LogP contribution >= 0.6 is 23.8 Å². The Morgan fingerprint density at radius 1 is 1.09 bits per heavy atom. The lowest BCUT2D eigenvalue weighted by molar-refractivity contribution is -0.115. The average Bonchev–Trinajstić information content (AvgIpc) is 3.28. The summed E-state index contributed by atoms with van der Waals surface area (Å²) < 4.78 is 5.77. The molecule has 0 aliphatic carbocycles. The lowest BCUT2D eigenvalue weighted by Crippen LogP contribution is -2.37. The largest absolute Gasteiger partial charge is 0.457 e. The number of benzene rings is 2. The van der Waals surface area contributed by atoms with E-state index in [9.17, 15) is 4.79 Å². The molecule has 2 heterocycles. The van der Waals surface area contributed by atoms with Crippen LogP contribution < -0.4 is 15.5 Å². The van der Waals surface area contributed by atoms with Crippen molar-refractivity contribution in [2.24, 2.45) is 0 Å². The Morgan fingerprint density at radius 2 is 1.85 bits per heavy atom. The van der Waals surface area contributed by atoms with E-state index in [0.717, 1.165) is 17.8 Å². The second-order valence-electron chi connectivity index (χ2n) is 8.07. The van der Waals surface area contributed by atoms with Crippen LogP contribution in [0.2, 0.25) is 5.02 Å². The summed E-state index contributed by atoms with van der Waals surface area (Å²) in [5, 5.41) is 6.62. The number of anilines is 2. The highest BCUT2D eigenvalue weighted by Gasteiger charge is 2.18. The van der Waals surface area contributed by atoms with Crippen LogP contribution in [-0.4, -0.2) is 23.6 Å². The molecule has 0 unspecified atom stereocenters. The number of piperidine rings is 1. The third-order valence-corrected chi connectivity index (χ3v) is 6.11. The van der Waals surface area contributed by atoms with Gasteiger partial charge in [-0.05, 0) is 105 Å². The third kappa shape index (κ3) is 6.24. The van der Waals surface area contributed by atoms with E-state index in [-0.39, 0.29) is 11.0 Å². The number of thiocarbonyl (C=S) groups is 1. The van der Waals surface area contributed by atoms with Crippen LogP contribution in [0, 0.1) is 0 Å². The molecular weight excluding hydrogens is 454 g/mol. The lowest BCUT2D eigenvalue weighted by Gasteiger charge is -2.35. The molecule has 1 amide bonds. The molecule has 0 saturated carbocycles. The maximum Gasteiger partial charge on any atom is 0.250 e. The molecule has 0 bridgehead atoms. The number of carbonyl (C=O) groups is 1. The van der Waals surface area contributed by atoms with Gasteiger partial charge in [-0.25, -0.2) is 0 Å². The van der Waals surface area contributed by atoms with E-state index in [1.807, 2.05) is 30.3 Å². The van der Waals surface area contributed by atoms with Crippen molar-refractivity contribution in [3.63, 3.8) is 0 Å². The SMILES string of the molecule is C[C@H]1CCCCN1c1ccc(NC(=S)NC(=O)/C=C/c2ccc(-c3ccc(Cl)cc3)o2)cc1. The molecule has 1 aliphatic rings. The minimum absolute atomic E-state index is 0.241. The highest BCUT2D eigenvalue weighted by atomic mass is 35.5.